The topological polar surface area (TPSA) is 79.8 Å². The number of nitrogens with zero attached hydrogens (tertiary/aromatic N) is 3. The monoisotopic (exact) mass is 702 g/mol. The molecule has 14 heteroatoms. The molecule has 0 atom stereocenters. The van der Waals surface area contributed by atoms with Crippen molar-refractivity contribution in [2.45, 2.75) is 6.18 Å². The van der Waals surface area contributed by atoms with Crippen LogP contribution in [0.1, 0.15) is 21.5 Å². The van der Waals surface area contributed by atoms with Crippen molar-refractivity contribution < 1.29 is 120 Å². The van der Waals surface area contributed by atoms with E-state index < -0.39 is 34.6 Å². The van der Waals surface area contributed by atoms with Crippen LogP contribution in [0.5, 0.6) is 0 Å². The summed E-state index contributed by atoms with van der Waals surface area (Å²) in [6, 6.07) is 7.71. The van der Waals surface area contributed by atoms with Gasteiger partial charge in [0.1, 0.15) is 5.82 Å². The Morgan fingerprint density at radius 1 is 1.12 bits per heavy atom. The molecule has 1 amide bonds. The Hall–Kier alpha value is -0.338. The number of imidazole rings is 1. The second-order valence-corrected chi connectivity index (χ2v) is 6.40. The van der Waals surface area contributed by atoms with Crippen molar-refractivity contribution in [3.8, 4) is 17.4 Å². The molecule has 0 unspecified atom stereocenters. The summed E-state index contributed by atoms with van der Waals surface area (Å²) in [4.78, 5) is 24.0. The third-order valence-corrected chi connectivity index (χ3v) is 4.63. The number of aromatic nitrogens is 2. The molecule has 3 radical (unpaired) electrons. The van der Waals surface area contributed by atoms with Crippen LogP contribution in [0.3, 0.4) is 0 Å². The van der Waals surface area contributed by atoms with Crippen molar-refractivity contribution in [2.24, 2.45) is 0 Å². The van der Waals surface area contributed by atoms with E-state index in [2.05, 4.69) is 5.32 Å². The summed E-state index contributed by atoms with van der Waals surface area (Å²) in [7, 11) is 1.34. The van der Waals surface area contributed by atoms with Gasteiger partial charge < -0.3 is 14.5 Å². The van der Waals surface area contributed by atoms with E-state index in [9.17, 15) is 27.2 Å². The van der Waals surface area contributed by atoms with E-state index in [4.69, 9.17) is 17.5 Å². The van der Waals surface area contributed by atoms with E-state index >= 15 is 0 Å². The summed E-state index contributed by atoms with van der Waals surface area (Å²) in [5.74, 6) is -1.52. The molecule has 2 aromatic carbocycles. The summed E-state index contributed by atoms with van der Waals surface area (Å²) < 4.78 is 55.7. The van der Waals surface area contributed by atoms with Crippen LogP contribution >= 0.6 is 12.2 Å². The molecule has 1 N–H and O–H groups in total. The zero-order chi connectivity index (χ0) is 22.2. The average molecular weight is 702 g/mol. The van der Waals surface area contributed by atoms with Crippen molar-refractivity contribution >= 4 is 18.1 Å². The molecule has 3 aromatic rings. The number of benzene rings is 2. The summed E-state index contributed by atoms with van der Waals surface area (Å²) in [6.07, 6.45) is -3.82. The molecule has 0 aliphatic heterocycles. The number of hydrogen-bond donors (Lipinski definition) is 1. The number of nitriles is 1. The molecule has 1 heterocycles. The second-order valence-electron chi connectivity index (χ2n) is 6.04. The van der Waals surface area contributed by atoms with Gasteiger partial charge in [0, 0.05) is 111 Å². The Labute approximate surface area is 265 Å². The Balaban J connectivity index is 0.00000341. The van der Waals surface area contributed by atoms with E-state index in [1.54, 1.807) is 0 Å². The minimum atomic E-state index is -4.81. The largest absolute Gasteiger partial charge is 0.448 e. The first-order chi connectivity index (χ1) is 14.1. The minimum absolute atomic E-state index is 0. The fraction of sp³-hybridized carbons (Fsp3) is 0.105. The first-order valence-electron chi connectivity index (χ1n) is 8.23. The van der Waals surface area contributed by atoms with E-state index in [0.29, 0.717) is 6.07 Å². The van der Waals surface area contributed by atoms with Gasteiger partial charge in [-0.15, -0.1) is 12.2 Å². The number of amides is 1. The standard InChI is InChI=1S/C19H11F4N4O2S.3Y/c1-25-17(29)13-5-4-11(7-15(13)20)26-9-16(28)27(18(26)30)12-3-2-10(8-24)14(6-12)19(21,22)23;;;/h2-7,9H,1H3,(H,25,29);;;/q-1;;;. The number of halogens is 4. The molecule has 6 nitrogen and oxygen atoms in total. The van der Waals surface area contributed by atoms with Crippen LogP contribution in [0.25, 0.3) is 11.4 Å². The predicted octanol–water partition coefficient (Wildman–Crippen LogP) is 3.46. The number of carbonyl (C=O) groups is 1. The third-order valence-electron chi connectivity index (χ3n) is 4.25. The van der Waals surface area contributed by atoms with E-state index in [0.717, 1.165) is 33.5 Å². The minimum Gasteiger partial charge on any atom is -0.448 e. The number of nitrogens with one attached hydrogen (secondary N) is 1. The molecule has 163 valence electrons. The number of alkyl halides is 3. The molecule has 0 saturated heterocycles. The smallest absolute Gasteiger partial charge is 0.417 e. The van der Waals surface area contributed by atoms with E-state index in [-0.39, 0.29) is 120 Å². The summed E-state index contributed by atoms with van der Waals surface area (Å²) >= 11 is 5.20. The maximum Gasteiger partial charge on any atom is 0.417 e. The number of hydrogen-bond acceptors (Lipinski definition) is 4. The maximum absolute atomic E-state index is 14.3. The first-order valence-corrected chi connectivity index (χ1v) is 8.64. The average Bonchev–Trinajstić information content (AvgIpc) is 3.00. The molecule has 0 aliphatic carbocycles. The SMILES string of the molecule is CNC(=O)c1ccc(-n2[cH-]c(=O)n(-c3ccc(C#N)c(C(F)(F)F)c3)c2=S)cc1F.[Y].[Y].[Y]. The Bertz CT molecular complexity index is 1330. The van der Waals surface area contributed by atoms with Crippen LogP contribution in [0.15, 0.2) is 47.4 Å². The molecule has 1 aromatic heterocycles. The fourth-order valence-electron chi connectivity index (χ4n) is 2.82. The van der Waals surface area contributed by atoms with Crippen molar-refractivity contribution in [3.63, 3.8) is 0 Å². The summed E-state index contributed by atoms with van der Waals surface area (Å²) in [5.41, 5.74) is -2.89. The van der Waals surface area contributed by atoms with Gasteiger partial charge in [-0.2, -0.15) is 18.4 Å². The van der Waals surface area contributed by atoms with Crippen LogP contribution in [0.4, 0.5) is 17.6 Å². The number of carbonyl (C=O) groups excluding carboxylic acids is 1. The van der Waals surface area contributed by atoms with E-state index in [1.165, 1.54) is 25.2 Å². The molecule has 0 bridgehead atoms. The van der Waals surface area contributed by atoms with Crippen LogP contribution in [0.2, 0.25) is 0 Å². The van der Waals surface area contributed by atoms with Gasteiger partial charge in [-0.3, -0.25) is 9.59 Å². The maximum atomic E-state index is 14.3. The first kappa shape index (κ1) is 32.7. The van der Waals surface area contributed by atoms with Gasteiger partial charge in [0.2, 0.25) is 5.56 Å². The van der Waals surface area contributed by atoms with Crippen LogP contribution < -0.4 is 10.9 Å². The zero-order valence-electron chi connectivity index (χ0n) is 16.9. The van der Waals surface area contributed by atoms with Crippen molar-refractivity contribution in [2.75, 3.05) is 7.05 Å². The molecule has 0 saturated carbocycles. The van der Waals surface area contributed by atoms with Gasteiger partial charge in [0.25, 0.3) is 5.91 Å². The second kappa shape index (κ2) is 13.1. The Morgan fingerprint density at radius 2 is 1.73 bits per heavy atom. The molecule has 33 heavy (non-hydrogen) atoms. The van der Waals surface area contributed by atoms with E-state index in [1.807, 2.05) is 0 Å². The van der Waals surface area contributed by atoms with Crippen molar-refractivity contribution in [1.82, 2.24) is 14.5 Å². The molecule has 0 fully saturated rings. The van der Waals surface area contributed by atoms with Gasteiger partial charge in [-0.1, -0.05) is 23.9 Å². The Kier molecular flexibility index (Phi) is 13.0. The van der Waals surface area contributed by atoms with Gasteiger partial charge in [-0.05, 0) is 24.4 Å². The summed E-state index contributed by atoms with van der Waals surface area (Å²) in [5, 5.41) is 11.2. The molecule has 0 spiro atoms. The van der Waals surface area contributed by atoms with Gasteiger partial charge in [-0.25, -0.2) is 4.39 Å². The Morgan fingerprint density at radius 3 is 2.24 bits per heavy atom. The number of rotatable bonds is 3. The third kappa shape index (κ3) is 6.87. The molecule has 0 aliphatic rings. The van der Waals surface area contributed by atoms with Gasteiger partial charge in [0.15, 0.2) is 0 Å². The molecular formula is C19H11F4N4O2SY3-. The van der Waals surface area contributed by atoms with Crippen LogP contribution in [-0.2, 0) is 104 Å². The normalized spacial score (nSPS) is 10.2. The molecule has 3 rings (SSSR count). The van der Waals surface area contributed by atoms with Gasteiger partial charge >= 0.3 is 6.18 Å². The van der Waals surface area contributed by atoms with Crippen molar-refractivity contribution in [1.29, 1.82) is 5.26 Å². The van der Waals surface area contributed by atoms with Crippen LogP contribution in [-0.4, -0.2) is 22.1 Å². The zero-order valence-corrected chi connectivity index (χ0v) is 26.2. The summed E-state index contributed by atoms with van der Waals surface area (Å²) in [6.45, 7) is 0. The van der Waals surface area contributed by atoms with Gasteiger partial charge in [0.05, 0.1) is 27.5 Å². The van der Waals surface area contributed by atoms with Crippen LogP contribution in [0, 0.1) is 21.9 Å². The predicted molar refractivity (Wildman–Crippen MR) is 101 cm³/mol. The van der Waals surface area contributed by atoms with Crippen molar-refractivity contribution in [3.05, 3.63) is 80.2 Å². The fourth-order valence-corrected chi connectivity index (χ4v) is 3.18. The quantitative estimate of drug-likeness (QED) is 0.258. The molecular weight excluding hydrogens is 691 g/mol.